The molecule has 23 heavy (non-hydrogen) atoms. The van der Waals surface area contributed by atoms with Crippen molar-refractivity contribution in [2.45, 2.75) is 39.5 Å². The van der Waals surface area contributed by atoms with E-state index in [1.807, 2.05) is 30.9 Å². The highest BCUT2D eigenvalue weighted by Crippen LogP contribution is 2.17. The normalized spacial score (nSPS) is 17.7. The summed E-state index contributed by atoms with van der Waals surface area (Å²) in [4.78, 5) is 19.0. The molecule has 0 saturated heterocycles. The zero-order valence-electron chi connectivity index (χ0n) is 13.7. The number of ether oxygens (including phenoxy) is 1. The van der Waals surface area contributed by atoms with Crippen molar-refractivity contribution in [3.63, 3.8) is 0 Å². The summed E-state index contributed by atoms with van der Waals surface area (Å²) >= 11 is 0. The number of aryl methyl sites for hydroxylation is 1. The molecule has 0 saturated carbocycles. The van der Waals surface area contributed by atoms with E-state index in [2.05, 4.69) is 19.7 Å². The van der Waals surface area contributed by atoms with Crippen LogP contribution >= 0.6 is 0 Å². The van der Waals surface area contributed by atoms with Crippen molar-refractivity contribution >= 4 is 5.91 Å². The fourth-order valence-corrected chi connectivity index (χ4v) is 2.93. The van der Waals surface area contributed by atoms with Gasteiger partial charge >= 0.3 is 0 Å². The van der Waals surface area contributed by atoms with Gasteiger partial charge in [-0.1, -0.05) is 6.07 Å². The first-order valence-corrected chi connectivity index (χ1v) is 7.74. The van der Waals surface area contributed by atoms with Crippen molar-refractivity contribution in [2.24, 2.45) is 0 Å². The third-order valence-corrected chi connectivity index (χ3v) is 4.12. The van der Waals surface area contributed by atoms with E-state index in [-0.39, 0.29) is 11.9 Å². The second-order valence-electron chi connectivity index (χ2n) is 5.83. The molecule has 3 rings (SSSR count). The van der Waals surface area contributed by atoms with Gasteiger partial charge in [0.05, 0.1) is 0 Å². The molecule has 2 aromatic rings. The summed E-state index contributed by atoms with van der Waals surface area (Å²) in [6.07, 6.45) is 0.675. The Morgan fingerprint density at radius 2 is 2.17 bits per heavy atom. The summed E-state index contributed by atoms with van der Waals surface area (Å²) < 4.78 is 7.22. The number of amides is 1. The Morgan fingerprint density at radius 1 is 1.35 bits per heavy atom. The molecule has 0 N–H and O–H groups in total. The Bertz CT molecular complexity index is 712. The lowest BCUT2D eigenvalue weighted by atomic mass is 10.2. The van der Waals surface area contributed by atoms with Gasteiger partial charge in [0, 0.05) is 38.4 Å². The van der Waals surface area contributed by atoms with Crippen LogP contribution in [-0.2, 0) is 24.3 Å². The molecule has 0 aromatic carbocycles. The van der Waals surface area contributed by atoms with E-state index in [4.69, 9.17) is 4.74 Å². The van der Waals surface area contributed by atoms with Crippen LogP contribution in [0.1, 0.15) is 34.8 Å². The molecule has 122 valence electrons. The molecule has 1 unspecified atom stereocenters. The van der Waals surface area contributed by atoms with Crippen LogP contribution in [0.5, 0.6) is 0 Å². The zero-order valence-corrected chi connectivity index (χ0v) is 13.7. The van der Waals surface area contributed by atoms with Crippen LogP contribution in [-0.4, -0.2) is 50.3 Å². The van der Waals surface area contributed by atoms with Gasteiger partial charge in [0.15, 0.2) is 5.82 Å². The Balaban J connectivity index is 1.82. The Morgan fingerprint density at radius 3 is 2.91 bits per heavy atom. The van der Waals surface area contributed by atoms with E-state index in [1.54, 1.807) is 13.2 Å². The number of carbonyl (C=O) groups is 1. The Hall–Kier alpha value is -2.28. The number of rotatable bonds is 3. The van der Waals surface area contributed by atoms with Crippen LogP contribution in [0.15, 0.2) is 18.2 Å². The monoisotopic (exact) mass is 315 g/mol. The van der Waals surface area contributed by atoms with Crippen molar-refractivity contribution in [1.82, 2.24) is 24.6 Å². The summed E-state index contributed by atoms with van der Waals surface area (Å²) in [5.74, 6) is 1.67. The smallest absolute Gasteiger partial charge is 0.272 e. The van der Waals surface area contributed by atoms with Crippen LogP contribution in [0.2, 0.25) is 0 Å². The number of aromatic nitrogens is 4. The van der Waals surface area contributed by atoms with Crippen molar-refractivity contribution < 1.29 is 9.53 Å². The predicted octanol–water partition coefficient (Wildman–Crippen LogP) is 1.21. The van der Waals surface area contributed by atoms with Gasteiger partial charge in [-0.15, -0.1) is 10.2 Å². The molecular weight excluding hydrogens is 294 g/mol. The van der Waals surface area contributed by atoms with Gasteiger partial charge in [0.1, 0.15) is 18.1 Å². The lowest BCUT2D eigenvalue weighted by Crippen LogP contribution is -2.40. The van der Waals surface area contributed by atoms with Gasteiger partial charge < -0.3 is 14.2 Å². The van der Waals surface area contributed by atoms with Crippen LogP contribution < -0.4 is 0 Å². The Kier molecular flexibility index (Phi) is 4.38. The predicted molar refractivity (Wildman–Crippen MR) is 83.9 cm³/mol. The molecule has 1 aliphatic heterocycles. The number of carbonyl (C=O) groups excluding carboxylic acids is 1. The highest BCUT2D eigenvalue weighted by Gasteiger charge is 2.28. The minimum Gasteiger partial charge on any atom is -0.377 e. The number of fused-ring (bicyclic) bond motifs is 1. The van der Waals surface area contributed by atoms with E-state index in [0.29, 0.717) is 31.8 Å². The molecule has 1 amide bonds. The first-order chi connectivity index (χ1) is 11.1. The average molecular weight is 315 g/mol. The molecular formula is C16H21N5O2. The molecule has 0 radical (unpaired) electrons. The molecule has 0 aliphatic carbocycles. The van der Waals surface area contributed by atoms with E-state index in [0.717, 1.165) is 17.3 Å². The SMILES string of the molecule is COCc1nnc2n1CCN(C(=O)c1cccc(C)n1)C(C)C2. The van der Waals surface area contributed by atoms with Crippen LogP contribution in [0.3, 0.4) is 0 Å². The fourth-order valence-electron chi connectivity index (χ4n) is 2.93. The van der Waals surface area contributed by atoms with Crippen molar-refractivity contribution in [2.75, 3.05) is 13.7 Å². The minimum absolute atomic E-state index is 0.0341. The fraction of sp³-hybridized carbons (Fsp3) is 0.500. The summed E-state index contributed by atoms with van der Waals surface area (Å²) in [6, 6.07) is 5.57. The molecule has 1 atom stereocenters. The maximum atomic E-state index is 12.8. The quantitative estimate of drug-likeness (QED) is 0.851. The minimum atomic E-state index is -0.0341. The van der Waals surface area contributed by atoms with Gasteiger partial charge in [0.25, 0.3) is 5.91 Å². The highest BCUT2D eigenvalue weighted by molar-refractivity contribution is 5.92. The van der Waals surface area contributed by atoms with Gasteiger partial charge in [-0.25, -0.2) is 4.98 Å². The topological polar surface area (TPSA) is 73.1 Å². The first-order valence-electron chi connectivity index (χ1n) is 7.74. The van der Waals surface area contributed by atoms with E-state index >= 15 is 0 Å². The van der Waals surface area contributed by atoms with E-state index < -0.39 is 0 Å². The maximum absolute atomic E-state index is 12.8. The second-order valence-corrected chi connectivity index (χ2v) is 5.83. The third-order valence-electron chi connectivity index (χ3n) is 4.12. The van der Waals surface area contributed by atoms with Crippen molar-refractivity contribution in [3.8, 4) is 0 Å². The molecule has 7 nitrogen and oxygen atoms in total. The van der Waals surface area contributed by atoms with Crippen molar-refractivity contribution in [3.05, 3.63) is 41.2 Å². The lowest BCUT2D eigenvalue weighted by Gasteiger charge is -2.26. The number of nitrogens with zero attached hydrogens (tertiary/aromatic N) is 5. The lowest BCUT2D eigenvalue weighted by molar-refractivity contribution is 0.0688. The Labute approximate surface area is 135 Å². The van der Waals surface area contributed by atoms with Crippen LogP contribution in [0.4, 0.5) is 0 Å². The summed E-state index contributed by atoms with van der Waals surface area (Å²) in [7, 11) is 1.64. The van der Waals surface area contributed by atoms with E-state index in [9.17, 15) is 4.79 Å². The van der Waals surface area contributed by atoms with Crippen LogP contribution in [0, 0.1) is 6.92 Å². The summed E-state index contributed by atoms with van der Waals surface area (Å²) in [6.45, 7) is 5.63. The number of hydrogen-bond donors (Lipinski definition) is 0. The zero-order chi connectivity index (χ0) is 16.4. The summed E-state index contributed by atoms with van der Waals surface area (Å²) in [5, 5.41) is 8.42. The van der Waals surface area contributed by atoms with Gasteiger partial charge in [-0.05, 0) is 26.0 Å². The molecule has 0 spiro atoms. The standard InChI is InChI=1S/C16H21N5O2/c1-11-5-4-6-13(17-11)16(22)20-7-8-21-14(9-12(20)2)18-19-15(21)10-23-3/h4-6,12H,7-10H2,1-3H3. The van der Waals surface area contributed by atoms with Gasteiger partial charge in [-0.2, -0.15) is 0 Å². The molecule has 0 fully saturated rings. The molecule has 1 aliphatic rings. The molecule has 0 bridgehead atoms. The molecule has 3 heterocycles. The molecule has 2 aromatic heterocycles. The third kappa shape index (κ3) is 3.10. The second kappa shape index (κ2) is 6.45. The first kappa shape index (κ1) is 15.6. The average Bonchev–Trinajstić information content (AvgIpc) is 2.81. The molecule has 7 heteroatoms. The maximum Gasteiger partial charge on any atom is 0.272 e. The largest absolute Gasteiger partial charge is 0.377 e. The number of methoxy groups -OCH3 is 1. The number of hydrogen-bond acceptors (Lipinski definition) is 5. The van der Waals surface area contributed by atoms with Gasteiger partial charge in [0.2, 0.25) is 0 Å². The highest BCUT2D eigenvalue weighted by atomic mass is 16.5. The van der Waals surface area contributed by atoms with Gasteiger partial charge in [-0.3, -0.25) is 4.79 Å². The summed E-state index contributed by atoms with van der Waals surface area (Å²) in [5.41, 5.74) is 1.34. The van der Waals surface area contributed by atoms with Crippen LogP contribution in [0.25, 0.3) is 0 Å². The number of pyridine rings is 1. The van der Waals surface area contributed by atoms with E-state index in [1.165, 1.54) is 0 Å². The van der Waals surface area contributed by atoms with Crippen molar-refractivity contribution in [1.29, 1.82) is 0 Å².